The van der Waals surface area contributed by atoms with Gasteiger partial charge in [-0.05, 0) is 30.7 Å². The van der Waals surface area contributed by atoms with Crippen LogP contribution in [0, 0.1) is 6.92 Å². The van der Waals surface area contributed by atoms with Crippen LogP contribution in [0.2, 0.25) is 0 Å². The van der Waals surface area contributed by atoms with Crippen LogP contribution < -0.4 is 15.5 Å². The quantitative estimate of drug-likeness (QED) is 0.841. The summed E-state index contributed by atoms with van der Waals surface area (Å²) in [5.41, 5.74) is 9.15. The number of benzene rings is 1. The van der Waals surface area contributed by atoms with Gasteiger partial charge in [0.25, 0.3) is 0 Å². The number of aromatic nitrogens is 2. The predicted molar refractivity (Wildman–Crippen MR) is 82.0 cm³/mol. The molecule has 0 bridgehead atoms. The lowest BCUT2D eigenvalue weighted by atomic mass is 10.2. The van der Waals surface area contributed by atoms with Gasteiger partial charge in [-0.3, -0.25) is 0 Å². The standard InChI is InChI=1S/C15H19N5/c1-12-10-15(18-17-11-12)20-8-6-19(7-9-20)14-5-3-2-4-13(14)16/h2-5,10-11H,6-9,16H2,1H3. The number of nitrogens with zero attached hydrogens (tertiary/aromatic N) is 4. The normalized spacial score (nSPS) is 15.4. The Morgan fingerprint density at radius 2 is 1.75 bits per heavy atom. The molecule has 2 aromatic rings. The first-order valence-electron chi connectivity index (χ1n) is 6.88. The van der Waals surface area contributed by atoms with Crippen LogP contribution in [0.3, 0.4) is 0 Å². The number of anilines is 3. The van der Waals surface area contributed by atoms with Crippen LogP contribution in [0.4, 0.5) is 17.2 Å². The van der Waals surface area contributed by atoms with Crippen molar-refractivity contribution in [2.75, 3.05) is 41.7 Å². The molecule has 20 heavy (non-hydrogen) atoms. The molecule has 0 atom stereocenters. The van der Waals surface area contributed by atoms with Crippen molar-refractivity contribution >= 4 is 17.2 Å². The lowest BCUT2D eigenvalue weighted by Gasteiger charge is -2.37. The number of rotatable bonds is 2. The van der Waals surface area contributed by atoms with Crippen LogP contribution >= 0.6 is 0 Å². The van der Waals surface area contributed by atoms with Crippen LogP contribution in [0.1, 0.15) is 5.56 Å². The fourth-order valence-corrected chi connectivity index (χ4v) is 2.56. The average molecular weight is 269 g/mol. The van der Waals surface area contributed by atoms with Crippen LogP contribution in [0.5, 0.6) is 0 Å². The number of hydrogen-bond acceptors (Lipinski definition) is 5. The zero-order valence-electron chi connectivity index (χ0n) is 11.7. The van der Waals surface area contributed by atoms with Gasteiger partial charge in [0.05, 0.1) is 17.6 Å². The molecule has 1 aromatic heterocycles. The summed E-state index contributed by atoms with van der Waals surface area (Å²) < 4.78 is 0. The lowest BCUT2D eigenvalue weighted by molar-refractivity contribution is 0.644. The van der Waals surface area contributed by atoms with E-state index in [1.165, 1.54) is 0 Å². The molecule has 1 aromatic carbocycles. The molecule has 0 spiro atoms. The first-order valence-corrected chi connectivity index (χ1v) is 6.88. The lowest BCUT2D eigenvalue weighted by Crippen LogP contribution is -2.47. The second-order valence-corrected chi connectivity index (χ2v) is 5.12. The molecule has 0 radical (unpaired) electrons. The van der Waals surface area contributed by atoms with Gasteiger partial charge in [-0.2, -0.15) is 5.10 Å². The van der Waals surface area contributed by atoms with Crippen molar-refractivity contribution in [3.8, 4) is 0 Å². The Bertz CT molecular complexity index is 590. The highest BCUT2D eigenvalue weighted by Gasteiger charge is 2.19. The van der Waals surface area contributed by atoms with Crippen molar-refractivity contribution in [2.45, 2.75) is 6.92 Å². The summed E-state index contributed by atoms with van der Waals surface area (Å²) in [7, 11) is 0. The molecule has 0 saturated carbocycles. The zero-order chi connectivity index (χ0) is 13.9. The highest BCUT2D eigenvalue weighted by atomic mass is 15.3. The van der Waals surface area contributed by atoms with Crippen molar-refractivity contribution in [1.82, 2.24) is 10.2 Å². The third-order valence-corrected chi connectivity index (χ3v) is 3.66. The number of nitrogen functional groups attached to an aromatic ring is 1. The average Bonchev–Trinajstić information content (AvgIpc) is 2.48. The maximum atomic E-state index is 6.04. The second kappa shape index (κ2) is 5.36. The summed E-state index contributed by atoms with van der Waals surface area (Å²) in [6.07, 6.45) is 1.78. The van der Waals surface area contributed by atoms with Crippen molar-refractivity contribution < 1.29 is 0 Å². The number of piperazine rings is 1. The molecule has 3 rings (SSSR count). The molecular formula is C15H19N5. The SMILES string of the molecule is Cc1cnnc(N2CCN(c3ccccc3N)CC2)c1. The van der Waals surface area contributed by atoms with Gasteiger partial charge >= 0.3 is 0 Å². The third kappa shape index (κ3) is 2.52. The Balaban J connectivity index is 1.70. The molecule has 1 saturated heterocycles. The molecule has 0 amide bonds. The van der Waals surface area contributed by atoms with E-state index in [4.69, 9.17) is 5.73 Å². The molecule has 1 aliphatic heterocycles. The van der Waals surface area contributed by atoms with E-state index in [9.17, 15) is 0 Å². The van der Waals surface area contributed by atoms with E-state index >= 15 is 0 Å². The highest BCUT2D eigenvalue weighted by molar-refractivity contribution is 5.67. The third-order valence-electron chi connectivity index (χ3n) is 3.66. The van der Waals surface area contributed by atoms with Crippen LogP contribution in [0.15, 0.2) is 36.5 Å². The van der Waals surface area contributed by atoms with Gasteiger partial charge in [-0.15, -0.1) is 5.10 Å². The van der Waals surface area contributed by atoms with Gasteiger partial charge in [0.1, 0.15) is 0 Å². The molecular weight excluding hydrogens is 250 g/mol. The molecule has 1 fully saturated rings. The Morgan fingerprint density at radius 3 is 2.45 bits per heavy atom. The van der Waals surface area contributed by atoms with E-state index < -0.39 is 0 Å². The van der Waals surface area contributed by atoms with E-state index in [0.29, 0.717) is 0 Å². The Kier molecular flexibility index (Phi) is 3.41. The maximum Gasteiger partial charge on any atom is 0.151 e. The Morgan fingerprint density at radius 1 is 1.05 bits per heavy atom. The largest absolute Gasteiger partial charge is 0.397 e. The summed E-state index contributed by atoms with van der Waals surface area (Å²) in [4.78, 5) is 4.60. The van der Waals surface area contributed by atoms with Crippen LogP contribution in [-0.4, -0.2) is 36.4 Å². The molecule has 1 aliphatic rings. The van der Waals surface area contributed by atoms with Gasteiger partial charge in [-0.1, -0.05) is 12.1 Å². The number of aryl methyl sites for hydroxylation is 1. The van der Waals surface area contributed by atoms with Gasteiger partial charge in [0.2, 0.25) is 0 Å². The fourth-order valence-electron chi connectivity index (χ4n) is 2.56. The molecule has 0 aliphatic carbocycles. The fraction of sp³-hybridized carbons (Fsp3) is 0.333. The maximum absolute atomic E-state index is 6.04. The number of nitrogens with two attached hydrogens (primary N) is 1. The summed E-state index contributed by atoms with van der Waals surface area (Å²) in [5.74, 6) is 0.964. The van der Waals surface area contributed by atoms with E-state index in [-0.39, 0.29) is 0 Å². The molecule has 104 valence electrons. The summed E-state index contributed by atoms with van der Waals surface area (Å²) in [5, 5.41) is 8.24. The first-order chi connectivity index (χ1) is 9.74. The van der Waals surface area contributed by atoms with E-state index in [1.807, 2.05) is 25.1 Å². The van der Waals surface area contributed by atoms with E-state index in [0.717, 1.165) is 48.9 Å². The highest BCUT2D eigenvalue weighted by Crippen LogP contribution is 2.24. The molecule has 0 unspecified atom stereocenters. The van der Waals surface area contributed by atoms with Crippen LogP contribution in [0.25, 0.3) is 0 Å². The summed E-state index contributed by atoms with van der Waals surface area (Å²) in [6.45, 7) is 5.81. The predicted octanol–water partition coefficient (Wildman–Crippen LogP) is 1.69. The Hall–Kier alpha value is -2.30. The minimum atomic E-state index is 0.844. The number of hydrogen-bond donors (Lipinski definition) is 1. The Labute approximate surface area is 119 Å². The minimum Gasteiger partial charge on any atom is -0.397 e. The van der Waals surface area contributed by atoms with Crippen molar-refractivity contribution in [3.05, 3.63) is 42.1 Å². The van der Waals surface area contributed by atoms with Crippen molar-refractivity contribution in [2.24, 2.45) is 0 Å². The van der Waals surface area contributed by atoms with Gasteiger partial charge < -0.3 is 15.5 Å². The summed E-state index contributed by atoms with van der Waals surface area (Å²) >= 11 is 0. The first kappa shape index (κ1) is 12.7. The van der Waals surface area contributed by atoms with Crippen molar-refractivity contribution in [1.29, 1.82) is 0 Å². The second-order valence-electron chi connectivity index (χ2n) is 5.12. The number of para-hydroxylation sites is 2. The van der Waals surface area contributed by atoms with Crippen LogP contribution in [-0.2, 0) is 0 Å². The van der Waals surface area contributed by atoms with Gasteiger partial charge in [0.15, 0.2) is 5.82 Å². The molecule has 2 heterocycles. The molecule has 5 nitrogen and oxygen atoms in total. The minimum absolute atomic E-state index is 0.844. The van der Waals surface area contributed by atoms with E-state index in [2.05, 4.69) is 32.1 Å². The van der Waals surface area contributed by atoms with Gasteiger partial charge in [-0.25, -0.2) is 0 Å². The summed E-state index contributed by atoms with van der Waals surface area (Å²) in [6, 6.07) is 10.1. The zero-order valence-corrected chi connectivity index (χ0v) is 11.7. The van der Waals surface area contributed by atoms with Crippen molar-refractivity contribution in [3.63, 3.8) is 0 Å². The topological polar surface area (TPSA) is 58.3 Å². The molecule has 2 N–H and O–H groups in total. The smallest absolute Gasteiger partial charge is 0.151 e. The monoisotopic (exact) mass is 269 g/mol. The van der Waals surface area contributed by atoms with Gasteiger partial charge in [0, 0.05) is 26.2 Å². The molecule has 5 heteroatoms. The van der Waals surface area contributed by atoms with E-state index in [1.54, 1.807) is 6.20 Å².